The van der Waals surface area contributed by atoms with E-state index in [0.29, 0.717) is 47.3 Å². The number of carbonyl (C=O) groups is 1. The van der Waals surface area contributed by atoms with Crippen molar-refractivity contribution in [3.63, 3.8) is 0 Å². The Kier molecular flexibility index (Phi) is 6.69. The summed E-state index contributed by atoms with van der Waals surface area (Å²) < 4.78 is 24.4. The van der Waals surface area contributed by atoms with Crippen molar-refractivity contribution in [2.24, 2.45) is 0 Å². The minimum absolute atomic E-state index is 0. The number of carbonyl (C=O) groups excluding carboxylic acids is 1. The van der Waals surface area contributed by atoms with Crippen LogP contribution >= 0.6 is 24.0 Å². The van der Waals surface area contributed by atoms with E-state index in [4.69, 9.17) is 26.8 Å². The highest BCUT2D eigenvalue weighted by Gasteiger charge is 2.28. The Hall–Kier alpha value is -2.02. The Morgan fingerprint density at radius 3 is 2.85 bits per heavy atom. The summed E-state index contributed by atoms with van der Waals surface area (Å²) in [6, 6.07) is 9.22. The van der Waals surface area contributed by atoms with Crippen LogP contribution in [-0.2, 0) is 4.74 Å². The summed E-state index contributed by atoms with van der Waals surface area (Å²) in [7, 11) is 1.47. The molecule has 26 heavy (non-hydrogen) atoms. The van der Waals surface area contributed by atoms with Gasteiger partial charge in [-0.05, 0) is 23.8 Å². The minimum atomic E-state index is -0.386. The van der Waals surface area contributed by atoms with Gasteiger partial charge in [-0.25, -0.2) is 4.39 Å². The monoisotopic (exact) mass is 400 g/mol. The van der Waals surface area contributed by atoms with Crippen molar-refractivity contribution in [1.82, 2.24) is 4.90 Å². The molecule has 0 aliphatic carbocycles. The number of methoxy groups -OCH3 is 1. The van der Waals surface area contributed by atoms with Crippen molar-refractivity contribution in [2.75, 3.05) is 32.5 Å². The van der Waals surface area contributed by atoms with E-state index in [1.807, 2.05) is 0 Å². The number of nitrogens with zero attached hydrogens (tertiary/aromatic N) is 1. The Labute approximate surface area is 162 Å². The Morgan fingerprint density at radius 1 is 1.38 bits per heavy atom. The maximum Gasteiger partial charge on any atom is 0.257 e. The predicted molar refractivity (Wildman–Crippen MR) is 101 cm³/mol. The van der Waals surface area contributed by atoms with Gasteiger partial charge in [-0.3, -0.25) is 4.79 Å². The smallest absolute Gasteiger partial charge is 0.257 e. The molecule has 1 aliphatic rings. The average molecular weight is 401 g/mol. The first-order chi connectivity index (χ1) is 12.0. The molecule has 1 amide bonds. The van der Waals surface area contributed by atoms with Crippen molar-refractivity contribution in [1.29, 1.82) is 0 Å². The SMILES string of the molecule is COc1cc(N)c(Cl)cc1C(=O)N1CCOC(c2cccc(F)c2)C1.Cl. The van der Waals surface area contributed by atoms with Crippen LogP contribution in [0.25, 0.3) is 0 Å². The zero-order chi connectivity index (χ0) is 18.0. The van der Waals surface area contributed by atoms with Crippen LogP contribution < -0.4 is 10.5 Å². The standard InChI is InChI=1S/C18H18ClFN2O3.ClH/c1-24-16-9-15(21)14(19)8-13(16)18(23)22-5-6-25-17(10-22)11-3-2-4-12(20)7-11;/h2-4,7-9,17H,5-6,10,21H2,1H3;1H. The second-order valence-corrected chi connectivity index (χ2v) is 6.15. The van der Waals surface area contributed by atoms with Gasteiger partial charge in [-0.15, -0.1) is 12.4 Å². The van der Waals surface area contributed by atoms with Gasteiger partial charge in [0.1, 0.15) is 17.7 Å². The van der Waals surface area contributed by atoms with Crippen molar-refractivity contribution in [3.8, 4) is 5.75 Å². The molecule has 1 aliphatic heterocycles. The van der Waals surface area contributed by atoms with E-state index in [1.165, 1.54) is 31.4 Å². The zero-order valence-corrected chi connectivity index (χ0v) is 15.6. The van der Waals surface area contributed by atoms with E-state index >= 15 is 0 Å². The van der Waals surface area contributed by atoms with Gasteiger partial charge in [-0.1, -0.05) is 23.7 Å². The van der Waals surface area contributed by atoms with Crippen LogP contribution in [-0.4, -0.2) is 37.6 Å². The Bertz CT molecular complexity index is 804. The summed E-state index contributed by atoms with van der Waals surface area (Å²) in [5.74, 6) is -0.208. The normalized spacial score (nSPS) is 16.7. The molecule has 0 saturated carbocycles. The average Bonchev–Trinajstić information content (AvgIpc) is 2.63. The number of hydrogen-bond acceptors (Lipinski definition) is 4. The highest BCUT2D eigenvalue weighted by molar-refractivity contribution is 6.33. The van der Waals surface area contributed by atoms with Gasteiger partial charge in [0.2, 0.25) is 0 Å². The second kappa shape index (κ2) is 8.58. The predicted octanol–water partition coefficient (Wildman–Crippen LogP) is 3.71. The van der Waals surface area contributed by atoms with Gasteiger partial charge in [0.25, 0.3) is 5.91 Å². The number of halogens is 3. The lowest BCUT2D eigenvalue weighted by Crippen LogP contribution is -2.42. The zero-order valence-electron chi connectivity index (χ0n) is 14.1. The molecule has 0 spiro atoms. The molecule has 1 atom stereocenters. The highest BCUT2D eigenvalue weighted by Crippen LogP contribution is 2.31. The molecule has 2 N–H and O–H groups in total. The Balaban J connectivity index is 0.00000243. The summed E-state index contributed by atoms with van der Waals surface area (Å²) in [5.41, 5.74) is 7.13. The summed E-state index contributed by atoms with van der Waals surface area (Å²) in [6.07, 6.45) is -0.386. The molecule has 8 heteroatoms. The lowest BCUT2D eigenvalue weighted by Gasteiger charge is -2.33. The van der Waals surface area contributed by atoms with Crippen molar-refractivity contribution in [3.05, 3.63) is 58.4 Å². The molecule has 2 aromatic rings. The molecule has 1 unspecified atom stereocenters. The number of rotatable bonds is 3. The molecule has 1 saturated heterocycles. The fraction of sp³-hybridized carbons (Fsp3) is 0.278. The molecule has 3 rings (SSSR count). The first kappa shape index (κ1) is 20.3. The molecule has 2 aromatic carbocycles. The highest BCUT2D eigenvalue weighted by atomic mass is 35.5. The maximum absolute atomic E-state index is 13.4. The van der Waals surface area contributed by atoms with Crippen LogP contribution in [0, 0.1) is 5.82 Å². The summed E-state index contributed by atoms with van der Waals surface area (Å²) in [5, 5.41) is 0.291. The van der Waals surface area contributed by atoms with Crippen molar-refractivity contribution in [2.45, 2.75) is 6.10 Å². The van der Waals surface area contributed by atoms with Crippen LogP contribution in [0.15, 0.2) is 36.4 Å². The van der Waals surface area contributed by atoms with Crippen molar-refractivity contribution < 1.29 is 18.7 Å². The topological polar surface area (TPSA) is 64.8 Å². The number of hydrogen-bond donors (Lipinski definition) is 1. The van der Waals surface area contributed by atoms with E-state index in [2.05, 4.69) is 0 Å². The number of ether oxygens (including phenoxy) is 2. The summed E-state index contributed by atoms with van der Waals surface area (Å²) in [6.45, 7) is 1.10. The molecule has 140 valence electrons. The van der Waals surface area contributed by atoms with Gasteiger partial charge in [0.15, 0.2) is 0 Å². The fourth-order valence-corrected chi connectivity index (χ4v) is 2.98. The van der Waals surface area contributed by atoms with Gasteiger partial charge >= 0.3 is 0 Å². The third kappa shape index (κ3) is 4.20. The van der Waals surface area contributed by atoms with E-state index in [0.717, 1.165) is 0 Å². The molecule has 5 nitrogen and oxygen atoms in total. The number of benzene rings is 2. The van der Waals surface area contributed by atoms with Crippen molar-refractivity contribution >= 4 is 35.6 Å². The molecule has 0 radical (unpaired) electrons. The number of amides is 1. The minimum Gasteiger partial charge on any atom is -0.496 e. The Morgan fingerprint density at radius 2 is 2.15 bits per heavy atom. The van der Waals surface area contributed by atoms with E-state index < -0.39 is 0 Å². The van der Waals surface area contributed by atoms with Crippen LogP contribution in [0.4, 0.5) is 10.1 Å². The first-order valence-electron chi connectivity index (χ1n) is 7.79. The van der Waals surface area contributed by atoms with Gasteiger partial charge in [0.05, 0.1) is 36.5 Å². The molecular formula is C18H19Cl2FN2O3. The van der Waals surface area contributed by atoms with Gasteiger partial charge < -0.3 is 20.1 Å². The third-order valence-corrected chi connectivity index (χ3v) is 4.45. The van der Waals surface area contributed by atoms with E-state index in [9.17, 15) is 9.18 Å². The number of nitrogens with two attached hydrogens (primary N) is 1. The van der Waals surface area contributed by atoms with Crippen LogP contribution in [0.3, 0.4) is 0 Å². The second-order valence-electron chi connectivity index (χ2n) is 5.74. The van der Waals surface area contributed by atoms with Crippen LogP contribution in [0.2, 0.25) is 5.02 Å². The lowest BCUT2D eigenvalue weighted by molar-refractivity contribution is -0.0230. The van der Waals surface area contributed by atoms with E-state index in [-0.39, 0.29) is 30.2 Å². The van der Waals surface area contributed by atoms with Crippen LogP contribution in [0.1, 0.15) is 22.0 Å². The molecule has 1 heterocycles. The molecule has 1 fully saturated rings. The van der Waals surface area contributed by atoms with E-state index in [1.54, 1.807) is 17.0 Å². The maximum atomic E-state index is 13.4. The van der Waals surface area contributed by atoms with Crippen LogP contribution in [0.5, 0.6) is 5.75 Å². The van der Waals surface area contributed by atoms with Gasteiger partial charge in [-0.2, -0.15) is 0 Å². The fourth-order valence-electron chi connectivity index (χ4n) is 2.82. The quantitative estimate of drug-likeness (QED) is 0.797. The first-order valence-corrected chi connectivity index (χ1v) is 8.16. The largest absolute Gasteiger partial charge is 0.496 e. The summed E-state index contributed by atoms with van der Waals surface area (Å²) >= 11 is 6.05. The molecule has 0 aromatic heterocycles. The van der Waals surface area contributed by atoms with Gasteiger partial charge in [0, 0.05) is 12.6 Å². The number of morpholine rings is 1. The number of nitrogen functional groups attached to an aromatic ring is 1. The third-order valence-electron chi connectivity index (χ3n) is 4.12. The summed E-state index contributed by atoms with van der Waals surface area (Å²) in [4.78, 5) is 14.5. The lowest BCUT2D eigenvalue weighted by atomic mass is 10.1. The number of anilines is 1. The molecule has 0 bridgehead atoms. The molecular weight excluding hydrogens is 382 g/mol.